The van der Waals surface area contributed by atoms with Gasteiger partial charge in [-0.2, -0.15) is 0 Å². The summed E-state index contributed by atoms with van der Waals surface area (Å²) in [6.45, 7) is 0.133. The number of nitrogens with zero attached hydrogens (tertiary/aromatic N) is 1. The van der Waals surface area contributed by atoms with Crippen LogP contribution in [0.3, 0.4) is 0 Å². The molecule has 1 N–H and O–H groups in total. The average molecular weight is 405 g/mol. The summed E-state index contributed by atoms with van der Waals surface area (Å²) in [5.74, 6) is -2.97. The van der Waals surface area contributed by atoms with Gasteiger partial charge in [-0.05, 0) is 47.5 Å². The Morgan fingerprint density at radius 2 is 1.40 bits per heavy atom. The predicted molar refractivity (Wildman–Crippen MR) is 107 cm³/mol. The number of amides is 1. The molecule has 0 radical (unpaired) electrons. The van der Waals surface area contributed by atoms with Crippen LogP contribution in [-0.2, 0) is 16.1 Å². The molecule has 30 heavy (non-hydrogen) atoms. The number of benzene rings is 3. The molecule has 1 aliphatic rings. The lowest BCUT2D eigenvalue weighted by Gasteiger charge is -2.25. The zero-order valence-electron chi connectivity index (χ0n) is 15.8. The summed E-state index contributed by atoms with van der Waals surface area (Å²) in [7, 11) is 0. The largest absolute Gasteiger partial charge is 0.507 e. The van der Waals surface area contributed by atoms with Crippen molar-refractivity contribution in [3.8, 4) is 0 Å². The summed E-state index contributed by atoms with van der Waals surface area (Å²) in [6.07, 6.45) is 0. The van der Waals surface area contributed by atoms with Gasteiger partial charge in [0.2, 0.25) is 0 Å². The van der Waals surface area contributed by atoms with Crippen molar-refractivity contribution in [1.29, 1.82) is 0 Å². The Kier molecular flexibility index (Phi) is 5.14. The molecule has 1 saturated heterocycles. The molecule has 6 heteroatoms. The molecule has 0 aliphatic carbocycles. The van der Waals surface area contributed by atoms with Gasteiger partial charge >= 0.3 is 0 Å². The Labute approximate surface area is 171 Å². The third-order valence-electron chi connectivity index (χ3n) is 5.04. The van der Waals surface area contributed by atoms with Gasteiger partial charge in [0, 0.05) is 12.1 Å². The van der Waals surface area contributed by atoms with E-state index in [0.29, 0.717) is 5.56 Å². The number of carbonyl (C=O) groups is 2. The van der Waals surface area contributed by atoms with Crippen LogP contribution < -0.4 is 0 Å². The number of rotatable bonds is 4. The fourth-order valence-electron chi connectivity index (χ4n) is 3.58. The SMILES string of the molecule is O=C1C(=O)N(Cc2ccccc2)C(c2ccc(F)cc2)C1=C(O)c1ccc(F)cc1. The molecule has 0 aromatic heterocycles. The standard InChI is InChI=1S/C24H17F2NO3/c25-18-10-6-16(7-11-18)21-20(22(28)17-8-12-19(26)13-9-17)23(29)24(30)27(21)14-15-4-2-1-3-5-15/h1-13,21,28H,14H2. The summed E-state index contributed by atoms with van der Waals surface area (Å²) in [6, 6.07) is 18.6. The van der Waals surface area contributed by atoms with Crippen molar-refractivity contribution in [2.75, 3.05) is 0 Å². The van der Waals surface area contributed by atoms with Crippen molar-refractivity contribution in [1.82, 2.24) is 4.90 Å². The van der Waals surface area contributed by atoms with Crippen LogP contribution in [0.1, 0.15) is 22.7 Å². The van der Waals surface area contributed by atoms with Gasteiger partial charge in [0.15, 0.2) is 0 Å². The van der Waals surface area contributed by atoms with Gasteiger partial charge in [0.1, 0.15) is 17.4 Å². The maximum absolute atomic E-state index is 13.5. The number of hydrogen-bond donors (Lipinski definition) is 1. The number of hydrogen-bond acceptors (Lipinski definition) is 3. The van der Waals surface area contributed by atoms with Crippen LogP contribution in [0.5, 0.6) is 0 Å². The minimum Gasteiger partial charge on any atom is -0.507 e. The molecule has 1 heterocycles. The second-order valence-electron chi connectivity index (χ2n) is 6.97. The average Bonchev–Trinajstić information content (AvgIpc) is 3.00. The highest BCUT2D eigenvalue weighted by atomic mass is 19.1. The molecule has 0 bridgehead atoms. The van der Waals surface area contributed by atoms with Gasteiger partial charge < -0.3 is 10.0 Å². The van der Waals surface area contributed by atoms with E-state index < -0.39 is 35.1 Å². The third-order valence-corrected chi connectivity index (χ3v) is 5.04. The fourth-order valence-corrected chi connectivity index (χ4v) is 3.58. The Hall–Kier alpha value is -3.80. The molecule has 0 saturated carbocycles. The van der Waals surface area contributed by atoms with Crippen LogP contribution in [0.15, 0.2) is 84.4 Å². The molecule has 1 fully saturated rings. The van der Waals surface area contributed by atoms with Crippen molar-refractivity contribution in [2.24, 2.45) is 0 Å². The van der Waals surface area contributed by atoms with E-state index in [1.165, 1.54) is 41.3 Å². The van der Waals surface area contributed by atoms with Crippen molar-refractivity contribution in [3.63, 3.8) is 0 Å². The number of carbonyl (C=O) groups excluding carboxylic acids is 2. The summed E-state index contributed by atoms with van der Waals surface area (Å²) in [5, 5.41) is 10.9. The molecule has 1 aliphatic heterocycles. The quantitative estimate of drug-likeness (QED) is 0.393. The van der Waals surface area contributed by atoms with E-state index in [0.717, 1.165) is 17.7 Å². The summed E-state index contributed by atoms with van der Waals surface area (Å²) >= 11 is 0. The molecular formula is C24H17F2NO3. The summed E-state index contributed by atoms with van der Waals surface area (Å²) < 4.78 is 26.8. The van der Waals surface area contributed by atoms with E-state index in [9.17, 15) is 23.5 Å². The van der Waals surface area contributed by atoms with E-state index in [2.05, 4.69) is 0 Å². The van der Waals surface area contributed by atoms with E-state index in [1.807, 2.05) is 30.3 Å². The molecule has 1 unspecified atom stereocenters. The molecule has 1 amide bonds. The lowest BCUT2D eigenvalue weighted by molar-refractivity contribution is -0.140. The first kappa shape index (κ1) is 19.5. The Balaban J connectivity index is 1.85. The summed E-state index contributed by atoms with van der Waals surface area (Å²) in [4.78, 5) is 27.1. The van der Waals surface area contributed by atoms with Crippen LogP contribution in [0, 0.1) is 11.6 Å². The molecule has 3 aromatic rings. The second-order valence-corrected chi connectivity index (χ2v) is 6.97. The van der Waals surface area contributed by atoms with Crippen molar-refractivity contribution in [2.45, 2.75) is 12.6 Å². The van der Waals surface area contributed by atoms with Crippen LogP contribution in [-0.4, -0.2) is 21.7 Å². The van der Waals surface area contributed by atoms with Gasteiger partial charge in [0.25, 0.3) is 11.7 Å². The number of Topliss-reactive ketones (excluding diaryl/α,β-unsaturated/α-hetero) is 1. The lowest BCUT2D eigenvalue weighted by Crippen LogP contribution is -2.29. The van der Waals surface area contributed by atoms with Crippen molar-refractivity contribution >= 4 is 17.4 Å². The lowest BCUT2D eigenvalue weighted by atomic mass is 9.95. The van der Waals surface area contributed by atoms with Gasteiger partial charge in [-0.3, -0.25) is 9.59 Å². The first-order valence-electron chi connectivity index (χ1n) is 9.29. The van der Waals surface area contributed by atoms with Crippen LogP contribution in [0.2, 0.25) is 0 Å². The molecule has 4 nitrogen and oxygen atoms in total. The predicted octanol–water partition coefficient (Wildman–Crippen LogP) is 4.59. The Bertz CT molecular complexity index is 1120. The fraction of sp³-hybridized carbons (Fsp3) is 0.0833. The second kappa shape index (κ2) is 7.91. The number of likely N-dealkylation sites (tertiary alicyclic amines) is 1. The van der Waals surface area contributed by atoms with Gasteiger partial charge in [-0.1, -0.05) is 42.5 Å². The van der Waals surface area contributed by atoms with Gasteiger partial charge in [-0.25, -0.2) is 8.78 Å². The molecule has 4 rings (SSSR count). The normalized spacial score (nSPS) is 18.1. The number of aliphatic hydroxyl groups is 1. The monoisotopic (exact) mass is 405 g/mol. The zero-order chi connectivity index (χ0) is 21.3. The van der Waals surface area contributed by atoms with Crippen molar-refractivity contribution < 1.29 is 23.5 Å². The molecule has 1 atom stereocenters. The third kappa shape index (κ3) is 3.59. The van der Waals surface area contributed by atoms with Crippen molar-refractivity contribution in [3.05, 3.63) is 113 Å². The molecular weight excluding hydrogens is 388 g/mol. The highest BCUT2D eigenvalue weighted by Crippen LogP contribution is 2.40. The van der Waals surface area contributed by atoms with Crippen LogP contribution in [0.4, 0.5) is 8.78 Å². The molecule has 150 valence electrons. The van der Waals surface area contributed by atoms with Crippen LogP contribution in [0.25, 0.3) is 5.76 Å². The Morgan fingerprint density at radius 3 is 2.00 bits per heavy atom. The van der Waals surface area contributed by atoms with E-state index >= 15 is 0 Å². The number of aliphatic hydroxyl groups excluding tert-OH is 1. The summed E-state index contributed by atoms with van der Waals surface area (Å²) in [5.41, 5.74) is 1.37. The zero-order valence-corrected chi connectivity index (χ0v) is 15.8. The van der Waals surface area contributed by atoms with Gasteiger partial charge in [0.05, 0.1) is 11.6 Å². The smallest absolute Gasteiger partial charge is 0.295 e. The van der Waals surface area contributed by atoms with Crippen LogP contribution >= 0.6 is 0 Å². The van der Waals surface area contributed by atoms with E-state index in [1.54, 1.807) is 0 Å². The number of halogens is 2. The minimum atomic E-state index is -0.907. The first-order chi connectivity index (χ1) is 14.5. The van der Waals surface area contributed by atoms with E-state index in [-0.39, 0.29) is 17.7 Å². The van der Waals surface area contributed by atoms with E-state index in [4.69, 9.17) is 0 Å². The topological polar surface area (TPSA) is 57.6 Å². The molecule has 0 spiro atoms. The first-order valence-corrected chi connectivity index (χ1v) is 9.29. The maximum atomic E-state index is 13.5. The van der Waals surface area contributed by atoms with Gasteiger partial charge in [-0.15, -0.1) is 0 Å². The Morgan fingerprint density at radius 1 is 0.833 bits per heavy atom. The minimum absolute atomic E-state index is 0.117. The number of ketones is 1. The maximum Gasteiger partial charge on any atom is 0.295 e. The highest BCUT2D eigenvalue weighted by molar-refractivity contribution is 6.46. The highest BCUT2D eigenvalue weighted by Gasteiger charge is 2.46. The molecule has 3 aromatic carbocycles.